The molecule has 1 aromatic heterocycles. The molecule has 9 aromatic carbocycles. The highest BCUT2D eigenvalue weighted by Gasteiger charge is 2.12. The lowest BCUT2D eigenvalue weighted by molar-refractivity contribution is -0.116. The SMILES string of the molecule is C=C(N)c1ccc(/C=C/C(C)C)cc1.C=C(NC)c1ccc(/C=C/C(C)C)cc1.C=C(c1ccc(/C=C/C(C)C)cc1)N(C)C.CC(=O)N(C)c1ccc(/C=C/C(C)C)cc1.CC(=O)Nc1ccc(/C=C/C(C)C)cc1.CC(C)/C=C/c1ccc(N(C)C)cc1.CC(C)/C=C/c1ccc(N2CCOCC2)cc1.CC(C)/C=C/c1ccc2c(c1)CC=C2.CC(C)/C=C/c1ccc2ccn(C)c2c1. The predicted octanol–water partition coefficient (Wildman–Crippen LogP) is 31.8. The molecule has 0 unspecified atom stereocenters. The fraction of sp³-hybridized carbons (Fsp3) is 0.328. The maximum atomic E-state index is 11.2. The molecule has 1 saturated heterocycles. The minimum Gasteiger partial charge on any atom is -0.399 e. The Hall–Kier alpha value is -13.0. The van der Waals surface area contributed by atoms with Crippen LogP contribution in [0.2, 0.25) is 0 Å². The van der Waals surface area contributed by atoms with Gasteiger partial charge in [0.15, 0.2) is 0 Å². The minimum atomic E-state index is -0.0412. The van der Waals surface area contributed by atoms with Gasteiger partial charge in [0.05, 0.1) is 13.2 Å². The molecule has 2 heterocycles. The number of nitrogens with zero attached hydrogens (tertiary/aromatic N) is 5. The van der Waals surface area contributed by atoms with Gasteiger partial charge in [0.25, 0.3) is 0 Å². The Kier molecular flexibility index (Phi) is 53.7. The molecule has 2 aliphatic rings. The number of hydrogen-bond donors (Lipinski definition) is 3. The van der Waals surface area contributed by atoms with Crippen molar-refractivity contribution in [1.82, 2.24) is 14.8 Å². The van der Waals surface area contributed by atoms with Crippen molar-refractivity contribution in [2.75, 3.05) is 88.6 Å². The van der Waals surface area contributed by atoms with Crippen LogP contribution in [0.1, 0.15) is 216 Å². The van der Waals surface area contributed by atoms with Crippen LogP contribution in [0.4, 0.5) is 22.7 Å². The fourth-order valence-corrected chi connectivity index (χ4v) is 12.7. The zero-order valence-corrected chi connectivity index (χ0v) is 87.7. The molecule has 1 aliphatic carbocycles. The van der Waals surface area contributed by atoms with Gasteiger partial charge in [0, 0.05) is 128 Å². The van der Waals surface area contributed by atoms with Gasteiger partial charge in [0.2, 0.25) is 11.8 Å². The Bertz CT molecular complexity index is 5470. The molecular weight excluding hydrogens is 1660 g/mol. The van der Waals surface area contributed by atoms with Crippen molar-refractivity contribution < 1.29 is 14.3 Å². The number of carbonyl (C=O) groups is 2. The molecule has 0 atom stereocenters. The second kappa shape index (κ2) is 63.3. The van der Waals surface area contributed by atoms with E-state index in [-0.39, 0.29) is 11.8 Å². The Labute approximate surface area is 823 Å². The first-order valence-corrected chi connectivity index (χ1v) is 48.5. The number of benzene rings is 9. The van der Waals surface area contributed by atoms with E-state index in [1.165, 1.54) is 84.8 Å². The number of hydrogen-bond acceptors (Lipinski definition) is 8. The van der Waals surface area contributed by atoms with Crippen LogP contribution in [0.5, 0.6) is 0 Å². The van der Waals surface area contributed by atoms with Crippen LogP contribution in [-0.4, -0.2) is 89.9 Å². The molecule has 11 heteroatoms. The largest absolute Gasteiger partial charge is 0.399 e. The van der Waals surface area contributed by atoms with Crippen molar-refractivity contribution in [3.63, 3.8) is 0 Å². The highest BCUT2D eigenvalue weighted by molar-refractivity contribution is 5.91. The maximum absolute atomic E-state index is 11.2. The summed E-state index contributed by atoms with van der Waals surface area (Å²) < 4.78 is 7.51. The lowest BCUT2D eigenvalue weighted by atomic mass is 10.0. The van der Waals surface area contributed by atoms with Crippen LogP contribution in [0.15, 0.2) is 299 Å². The number of carbonyl (C=O) groups excluding carboxylic acids is 2. The molecule has 0 spiro atoms. The van der Waals surface area contributed by atoms with E-state index in [0.29, 0.717) is 59.0 Å². The topological polar surface area (TPSA) is 111 Å². The van der Waals surface area contributed by atoms with E-state index in [2.05, 4.69) is 458 Å². The molecule has 10 aromatic rings. The quantitative estimate of drug-likeness (QED) is 0.0467. The third-order valence-electron chi connectivity index (χ3n) is 21.1. The molecular formula is C125H166N8O3. The smallest absolute Gasteiger partial charge is 0.223 e. The molecule has 0 saturated carbocycles. The summed E-state index contributed by atoms with van der Waals surface area (Å²) in [5, 5.41) is 7.08. The van der Waals surface area contributed by atoms with E-state index >= 15 is 0 Å². The minimum absolute atomic E-state index is 0.0412. The lowest BCUT2D eigenvalue weighted by Gasteiger charge is -2.28. The van der Waals surface area contributed by atoms with Gasteiger partial charge in [-0.1, -0.05) is 418 Å². The van der Waals surface area contributed by atoms with Crippen LogP contribution in [0.3, 0.4) is 0 Å². The van der Waals surface area contributed by atoms with E-state index < -0.39 is 0 Å². The number of nitrogens with one attached hydrogen (secondary N) is 2. The van der Waals surface area contributed by atoms with Crippen LogP contribution >= 0.6 is 0 Å². The summed E-state index contributed by atoms with van der Waals surface area (Å²) in [5.74, 6) is 5.34. The van der Waals surface area contributed by atoms with Gasteiger partial charge in [-0.2, -0.15) is 0 Å². The number of aromatic nitrogens is 1. The molecule has 1 fully saturated rings. The van der Waals surface area contributed by atoms with Crippen LogP contribution in [0.25, 0.3) is 88.8 Å². The number of aryl methyl sites for hydroxylation is 1. The second-order valence-corrected chi connectivity index (χ2v) is 37.8. The van der Waals surface area contributed by atoms with Gasteiger partial charge < -0.3 is 45.3 Å². The molecule has 0 radical (unpaired) electrons. The van der Waals surface area contributed by atoms with Crippen LogP contribution < -0.4 is 31.1 Å². The Morgan fingerprint density at radius 1 is 0.404 bits per heavy atom. The molecule has 12 rings (SSSR count). The summed E-state index contributed by atoms with van der Waals surface area (Å²) in [6.07, 6.45) is 46.8. The third kappa shape index (κ3) is 48.8. The van der Waals surface area contributed by atoms with Crippen molar-refractivity contribution in [2.45, 2.75) is 145 Å². The Morgan fingerprint density at radius 3 is 1.09 bits per heavy atom. The number of allylic oxidation sites excluding steroid dienone is 10. The third-order valence-corrected chi connectivity index (χ3v) is 21.1. The summed E-state index contributed by atoms with van der Waals surface area (Å²) in [4.78, 5) is 30.1. The Morgan fingerprint density at radius 2 is 0.735 bits per heavy atom. The van der Waals surface area contributed by atoms with Gasteiger partial charge in [-0.15, -0.1) is 0 Å². The standard InChI is InChI=1S/C15H21NO.C15H21N.C14H19NO.C14H17N.C14H19N.C14H16.C13H17NO.C13H19N.C13H17N/c1-13(2)3-4-14-5-7-15(8-6-14)16-9-11-17-12-10-16;1-12(2)6-7-14-8-10-15(11-9-14)13(3)16(4)5;1-11(2)5-6-13-7-9-14(10-8-13)15(4)12(3)16;1-11(2)4-5-12-6-7-13-8-9-15(3)14(13)10-12;1-11(2)5-6-13-7-9-14(10-8-13)12(3)15-4;1-11(2)6-7-12-8-9-13-4-3-5-14(13)10-12;1-10(2)4-5-12-6-8-13(9-7-12)14-11(3)15;1-11(2)5-6-12-7-9-13(10-8-12)14(3)4;1-10(2)4-5-12-6-8-13(9-7-12)11(3)14/h3-8,13H,9-12H2,1-2H3;6-12H,3H2,1-2,4-5H3;5-11H,1-4H3;4-11H,1-3H3;5-11,15H,3H2,1-2,4H3;3-4,6-11H,5H2,1-2H3;4-10H,1-3H3,(H,14,15);5-11H,1-4H3;4-10H,3,14H2,1-2H3/b4-3+;7-6+;6-5+;5-4+;6-5+;7-6+;5-4+;6-5+;5-4+. The van der Waals surface area contributed by atoms with E-state index in [0.717, 1.165) is 77.7 Å². The van der Waals surface area contributed by atoms with Crippen LogP contribution in [-0.2, 0) is 27.8 Å². The van der Waals surface area contributed by atoms with E-state index in [1.54, 1.807) is 18.9 Å². The number of nitrogens with two attached hydrogens (primary N) is 1. The predicted molar refractivity (Wildman–Crippen MR) is 607 cm³/mol. The molecule has 136 heavy (non-hydrogen) atoms. The van der Waals surface area contributed by atoms with Crippen molar-refractivity contribution in [3.05, 3.63) is 377 Å². The average molecular weight is 1830 g/mol. The van der Waals surface area contributed by atoms with Gasteiger partial charge in [-0.3, -0.25) is 9.59 Å². The zero-order chi connectivity index (χ0) is 101. The van der Waals surface area contributed by atoms with E-state index in [9.17, 15) is 9.59 Å². The molecule has 4 N–H and O–H groups in total. The van der Waals surface area contributed by atoms with Gasteiger partial charge in [-0.05, 0) is 204 Å². The first kappa shape index (κ1) is 115. The normalized spacial score (nSPS) is 12.2. The first-order chi connectivity index (χ1) is 64.6. The molecule has 2 amide bonds. The highest BCUT2D eigenvalue weighted by Crippen LogP contribution is 2.26. The van der Waals surface area contributed by atoms with Crippen LogP contribution in [0, 0.1) is 53.3 Å². The number of amides is 2. The Balaban J connectivity index is 0.000000320. The number of rotatable bonds is 27. The summed E-state index contributed by atoms with van der Waals surface area (Å²) in [5.41, 5.74) is 31.0. The fourth-order valence-electron chi connectivity index (χ4n) is 12.7. The average Bonchev–Trinajstić information content (AvgIpc) is 1.67. The highest BCUT2D eigenvalue weighted by atomic mass is 16.5. The number of fused-ring (bicyclic) bond motifs is 2. The summed E-state index contributed by atoms with van der Waals surface area (Å²) in [7, 11) is 13.9. The van der Waals surface area contributed by atoms with Gasteiger partial charge >= 0.3 is 0 Å². The summed E-state index contributed by atoms with van der Waals surface area (Å²) in [6, 6.07) is 73.4. The summed E-state index contributed by atoms with van der Waals surface area (Å²) in [6.45, 7) is 57.5. The molecule has 11 nitrogen and oxygen atoms in total. The molecule has 724 valence electrons. The molecule has 1 aliphatic heterocycles. The van der Waals surface area contributed by atoms with Crippen molar-refractivity contribution in [2.24, 2.45) is 66.0 Å². The summed E-state index contributed by atoms with van der Waals surface area (Å²) >= 11 is 0. The van der Waals surface area contributed by atoms with Crippen molar-refractivity contribution >= 4 is 123 Å². The van der Waals surface area contributed by atoms with Gasteiger partial charge in [-0.25, -0.2) is 0 Å². The van der Waals surface area contributed by atoms with Crippen molar-refractivity contribution in [3.8, 4) is 0 Å². The van der Waals surface area contributed by atoms with Crippen molar-refractivity contribution in [1.29, 1.82) is 0 Å². The lowest BCUT2D eigenvalue weighted by Crippen LogP contribution is -2.36. The molecule has 0 bridgehead atoms. The number of anilines is 4. The second-order valence-electron chi connectivity index (χ2n) is 37.8. The first-order valence-electron chi connectivity index (χ1n) is 48.5. The maximum Gasteiger partial charge on any atom is 0.223 e. The number of morpholine rings is 1. The van der Waals surface area contributed by atoms with E-state index in [1.807, 2.05) is 98.8 Å². The van der Waals surface area contributed by atoms with E-state index in [4.69, 9.17) is 10.5 Å². The zero-order valence-electron chi connectivity index (χ0n) is 87.7. The van der Waals surface area contributed by atoms with Gasteiger partial charge in [0.1, 0.15) is 0 Å². The number of ether oxygens (including phenoxy) is 1. The monoisotopic (exact) mass is 1830 g/mol.